The van der Waals surface area contributed by atoms with Crippen molar-refractivity contribution in [2.45, 2.75) is 39.2 Å². The van der Waals surface area contributed by atoms with Gasteiger partial charge in [0.1, 0.15) is 0 Å². The van der Waals surface area contributed by atoms with E-state index in [4.69, 9.17) is 0 Å². The van der Waals surface area contributed by atoms with E-state index in [0.717, 1.165) is 6.42 Å². The highest BCUT2D eigenvalue weighted by atomic mass is 16.3. The molecule has 1 heterocycles. The molecular weight excluding hydrogens is 174 g/mol. The maximum absolute atomic E-state index is 9.88. The monoisotopic (exact) mass is 195 g/mol. The number of nitrogens with zero attached hydrogens (tertiary/aromatic N) is 1. The third kappa shape index (κ3) is 1.41. The molecule has 1 N–H and O–H groups in total. The molecule has 80 valence electrons. The summed E-state index contributed by atoms with van der Waals surface area (Å²) in [5.74, 6) is 0. The van der Waals surface area contributed by atoms with Crippen molar-refractivity contribution in [2.75, 3.05) is 20.1 Å². The van der Waals surface area contributed by atoms with Gasteiger partial charge >= 0.3 is 0 Å². The zero-order chi connectivity index (χ0) is 10.3. The fourth-order valence-electron chi connectivity index (χ4n) is 2.97. The summed E-state index contributed by atoms with van der Waals surface area (Å²) in [6.07, 6.45) is 3.25. The summed E-state index contributed by atoms with van der Waals surface area (Å²) in [5, 5.41) is 9.88. The molecule has 1 fully saturated rings. The van der Waals surface area contributed by atoms with Gasteiger partial charge < -0.3 is 10.0 Å². The van der Waals surface area contributed by atoms with Gasteiger partial charge in [-0.2, -0.15) is 0 Å². The van der Waals surface area contributed by atoms with E-state index in [1.807, 2.05) is 0 Å². The van der Waals surface area contributed by atoms with Gasteiger partial charge in [-0.05, 0) is 64.2 Å². The predicted molar refractivity (Wildman–Crippen MR) is 58.2 cm³/mol. The Morgan fingerprint density at radius 1 is 1.29 bits per heavy atom. The first-order chi connectivity index (χ1) is 6.55. The molecule has 2 aliphatic rings. The fraction of sp³-hybridized carbons (Fsp3) is 0.833. The summed E-state index contributed by atoms with van der Waals surface area (Å²) >= 11 is 0. The quantitative estimate of drug-likeness (QED) is 0.596. The molecule has 1 atom stereocenters. The molecule has 0 bridgehead atoms. The molecule has 0 radical (unpaired) electrons. The lowest BCUT2D eigenvalue weighted by Gasteiger charge is -2.39. The first-order valence-electron chi connectivity index (χ1n) is 5.60. The van der Waals surface area contributed by atoms with Crippen molar-refractivity contribution in [3.8, 4) is 0 Å². The molecule has 0 saturated carbocycles. The molecule has 0 aromatic heterocycles. The van der Waals surface area contributed by atoms with Crippen molar-refractivity contribution in [3.05, 3.63) is 11.1 Å². The number of allylic oxidation sites excluding steroid dienone is 1. The van der Waals surface area contributed by atoms with Crippen molar-refractivity contribution < 1.29 is 5.11 Å². The van der Waals surface area contributed by atoms with E-state index in [-0.39, 0.29) is 6.10 Å². The highest BCUT2D eigenvalue weighted by Crippen LogP contribution is 2.49. The third-order valence-electron chi connectivity index (χ3n) is 4.42. The maximum Gasteiger partial charge on any atom is 0.0758 e. The van der Waals surface area contributed by atoms with Gasteiger partial charge in [0, 0.05) is 0 Å². The molecule has 1 unspecified atom stereocenters. The summed E-state index contributed by atoms with van der Waals surface area (Å²) in [6.45, 7) is 6.67. The van der Waals surface area contributed by atoms with Crippen molar-refractivity contribution in [2.24, 2.45) is 5.41 Å². The first-order valence-corrected chi connectivity index (χ1v) is 5.60. The van der Waals surface area contributed by atoms with E-state index in [2.05, 4.69) is 25.8 Å². The Morgan fingerprint density at radius 2 is 1.86 bits per heavy atom. The summed E-state index contributed by atoms with van der Waals surface area (Å²) < 4.78 is 0. The van der Waals surface area contributed by atoms with Crippen LogP contribution in [0.4, 0.5) is 0 Å². The van der Waals surface area contributed by atoms with Gasteiger partial charge in [0.2, 0.25) is 0 Å². The van der Waals surface area contributed by atoms with Gasteiger partial charge in [-0.1, -0.05) is 5.57 Å². The van der Waals surface area contributed by atoms with E-state index in [9.17, 15) is 5.11 Å². The summed E-state index contributed by atoms with van der Waals surface area (Å²) in [4.78, 5) is 2.39. The zero-order valence-electron chi connectivity index (χ0n) is 9.51. The van der Waals surface area contributed by atoms with Crippen LogP contribution in [0.1, 0.15) is 33.1 Å². The second-order valence-electron chi connectivity index (χ2n) is 5.11. The minimum absolute atomic E-state index is 0.168. The minimum atomic E-state index is -0.168. The second kappa shape index (κ2) is 3.35. The molecule has 1 spiro atoms. The average Bonchev–Trinajstić information content (AvgIpc) is 2.37. The van der Waals surface area contributed by atoms with Crippen LogP contribution >= 0.6 is 0 Å². The molecule has 0 aromatic carbocycles. The minimum Gasteiger partial charge on any atom is -0.389 e. The van der Waals surface area contributed by atoms with Crippen LogP contribution < -0.4 is 0 Å². The van der Waals surface area contributed by atoms with Crippen LogP contribution in [-0.4, -0.2) is 36.2 Å². The Bertz CT molecular complexity index is 261. The molecule has 0 amide bonds. The Morgan fingerprint density at radius 3 is 2.29 bits per heavy atom. The van der Waals surface area contributed by atoms with Crippen molar-refractivity contribution >= 4 is 0 Å². The topological polar surface area (TPSA) is 23.5 Å². The number of hydrogen-bond acceptors (Lipinski definition) is 2. The van der Waals surface area contributed by atoms with E-state index >= 15 is 0 Å². The van der Waals surface area contributed by atoms with Crippen molar-refractivity contribution in [3.63, 3.8) is 0 Å². The summed E-state index contributed by atoms with van der Waals surface area (Å²) in [5.41, 5.74) is 3.04. The highest BCUT2D eigenvalue weighted by Gasteiger charge is 2.42. The molecule has 1 aliphatic carbocycles. The number of piperidine rings is 1. The number of rotatable bonds is 0. The van der Waals surface area contributed by atoms with Crippen LogP contribution in [-0.2, 0) is 0 Å². The van der Waals surface area contributed by atoms with Crippen LogP contribution in [0.5, 0.6) is 0 Å². The Kier molecular flexibility index (Phi) is 2.44. The first kappa shape index (κ1) is 10.2. The standard InChI is InChI=1S/C12H21NO/c1-9-10(2)12(8-11(9)14)4-6-13(3)7-5-12/h11,14H,4-8H2,1-3H3. The van der Waals surface area contributed by atoms with E-state index in [0.29, 0.717) is 5.41 Å². The number of aliphatic hydroxyl groups excluding tert-OH is 1. The summed E-state index contributed by atoms with van der Waals surface area (Å²) in [6, 6.07) is 0. The van der Waals surface area contributed by atoms with Gasteiger partial charge in [-0.3, -0.25) is 0 Å². The largest absolute Gasteiger partial charge is 0.389 e. The van der Waals surface area contributed by atoms with E-state index in [1.165, 1.54) is 37.1 Å². The maximum atomic E-state index is 9.88. The Hall–Kier alpha value is -0.340. The molecule has 2 nitrogen and oxygen atoms in total. The molecule has 2 heteroatoms. The number of likely N-dealkylation sites (tertiary alicyclic amines) is 1. The van der Waals surface area contributed by atoms with Gasteiger partial charge in [0.25, 0.3) is 0 Å². The molecule has 2 rings (SSSR count). The van der Waals surface area contributed by atoms with Crippen LogP contribution in [0, 0.1) is 5.41 Å². The fourth-order valence-corrected chi connectivity index (χ4v) is 2.97. The zero-order valence-corrected chi connectivity index (χ0v) is 9.51. The third-order valence-corrected chi connectivity index (χ3v) is 4.42. The SMILES string of the molecule is CC1=C(C)C2(CCN(C)CC2)CC1O. The van der Waals surface area contributed by atoms with Crippen LogP contribution in [0.3, 0.4) is 0 Å². The number of hydrogen-bond donors (Lipinski definition) is 1. The molecular formula is C12H21NO. The highest BCUT2D eigenvalue weighted by molar-refractivity contribution is 5.29. The Balaban J connectivity index is 2.19. The van der Waals surface area contributed by atoms with Crippen LogP contribution in [0.2, 0.25) is 0 Å². The lowest BCUT2D eigenvalue weighted by Crippen LogP contribution is -2.38. The molecule has 1 aliphatic heterocycles. The van der Waals surface area contributed by atoms with Crippen molar-refractivity contribution in [1.29, 1.82) is 0 Å². The van der Waals surface area contributed by atoms with Gasteiger partial charge in [-0.25, -0.2) is 0 Å². The smallest absolute Gasteiger partial charge is 0.0758 e. The van der Waals surface area contributed by atoms with Crippen LogP contribution in [0.25, 0.3) is 0 Å². The molecule has 14 heavy (non-hydrogen) atoms. The normalized spacial score (nSPS) is 33.0. The van der Waals surface area contributed by atoms with Crippen LogP contribution in [0.15, 0.2) is 11.1 Å². The Labute approximate surface area is 86.6 Å². The second-order valence-corrected chi connectivity index (χ2v) is 5.11. The van der Waals surface area contributed by atoms with E-state index < -0.39 is 0 Å². The van der Waals surface area contributed by atoms with E-state index in [1.54, 1.807) is 0 Å². The summed E-state index contributed by atoms with van der Waals surface area (Å²) in [7, 11) is 2.18. The van der Waals surface area contributed by atoms with Gasteiger partial charge in [0.05, 0.1) is 6.10 Å². The van der Waals surface area contributed by atoms with Crippen molar-refractivity contribution in [1.82, 2.24) is 4.90 Å². The lowest BCUT2D eigenvalue weighted by atomic mass is 9.73. The lowest BCUT2D eigenvalue weighted by molar-refractivity contribution is 0.111. The van der Waals surface area contributed by atoms with Gasteiger partial charge in [-0.15, -0.1) is 0 Å². The average molecular weight is 195 g/mol. The molecule has 1 saturated heterocycles. The van der Waals surface area contributed by atoms with Gasteiger partial charge in [0.15, 0.2) is 0 Å². The number of aliphatic hydroxyl groups is 1. The predicted octanol–water partition coefficient (Wildman–Crippen LogP) is 1.80. The molecule has 0 aromatic rings.